The minimum absolute atomic E-state index is 0.0175. The molecule has 4 N–H and O–H groups in total. The number of fused-ring (bicyclic) bond motifs is 1. The Morgan fingerprint density at radius 3 is 2.16 bits per heavy atom. The van der Waals surface area contributed by atoms with E-state index >= 15 is 0 Å². The molecule has 7 nitrogen and oxygen atoms in total. The smallest absolute Gasteiger partial charge is 0.327 e. The number of aromatic amines is 2. The first-order valence-electron chi connectivity index (χ1n) is 12.6. The van der Waals surface area contributed by atoms with Crippen molar-refractivity contribution in [3.05, 3.63) is 88.9 Å². The topological polar surface area (TPSA) is 115 Å². The number of Topliss-reactive ketones (excluding diaryl/α,β-unsaturated/α-hetero) is 1. The summed E-state index contributed by atoms with van der Waals surface area (Å²) in [6, 6.07) is 7.85. The third kappa shape index (κ3) is 4.37. The van der Waals surface area contributed by atoms with Crippen molar-refractivity contribution in [3.63, 3.8) is 0 Å². The number of thiophene rings is 1. The number of rotatable bonds is 2. The number of carbonyl (C=O) groups is 1. The fraction of sp³-hybridized carbons (Fsp3) is 0.414. The number of H-pyrrole nitrogens is 2. The van der Waals surface area contributed by atoms with Crippen LogP contribution in [0.2, 0.25) is 0 Å². The van der Waals surface area contributed by atoms with Crippen LogP contribution in [0.1, 0.15) is 93.4 Å². The highest BCUT2D eigenvalue weighted by atomic mass is 32.1. The standard InChI is InChI=1S/C29H33N3O4S/c1-28(2,3)16-10-15(11-17(24(16)34)29(4,5)6)21-22-18(30-25-23(21)26(35)32-27(36)31-25)12-14(13-19(22)33)20-8-7-9-37-20/h7-11,14,21,34H,12-13H2,1-6H3,(H3,30,31,32,35,36). The van der Waals surface area contributed by atoms with Crippen LogP contribution >= 0.6 is 11.3 Å². The van der Waals surface area contributed by atoms with Crippen molar-refractivity contribution in [2.75, 3.05) is 5.32 Å². The van der Waals surface area contributed by atoms with Gasteiger partial charge in [-0.25, -0.2) is 4.79 Å². The van der Waals surface area contributed by atoms with Gasteiger partial charge in [-0.05, 0) is 45.4 Å². The van der Waals surface area contributed by atoms with E-state index in [1.165, 1.54) is 0 Å². The summed E-state index contributed by atoms with van der Waals surface area (Å²) in [5.74, 6) is -0.109. The quantitative estimate of drug-likeness (QED) is 0.363. The number of allylic oxidation sites excluding steroid dienone is 2. The van der Waals surface area contributed by atoms with Gasteiger partial charge in [0.15, 0.2) is 5.78 Å². The van der Waals surface area contributed by atoms with Gasteiger partial charge in [-0.3, -0.25) is 19.6 Å². The zero-order valence-electron chi connectivity index (χ0n) is 22.0. The zero-order chi connectivity index (χ0) is 26.9. The van der Waals surface area contributed by atoms with Crippen molar-refractivity contribution >= 4 is 22.9 Å². The van der Waals surface area contributed by atoms with Crippen LogP contribution in [-0.2, 0) is 15.6 Å². The minimum Gasteiger partial charge on any atom is -0.507 e. The number of carbonyl (C=O) groups excluding carboxylic acids is 1. The first-order valence-corrected chi connectivity index (χ1v) is 13.4. The molecule has 0 fully saturated rings. The lowest BCUT2D eigenvalue weighted by atomic mass is 9.71. The summed E-state index contributed by atoms with van der Waals surface area (Å²) in [7, 11) is 0. The molecule has 5 rings (SSSR count). The SMILES string of the molecule is CC(C)(C)c1cc(C2C3=C(CC(c4cccs4)CC3=O)Nc3[nH]c(=O)[nH]c(=O)c32)cc(C(C)(C)C)c1O. The first kappa shape index (κ1) is 25.3. The lowest BCUT2D eigenvalue weighted by Gasteiger charge is -2.36. The Bertz CT molecular complexity index is 1510. The third-order valence-electron chi connectivity index (χ3n) is 7.37. The van der Waals surface area contributed by atoms with E-state index in [0.29, 0.717) is 29.8 Å². The Morgan fingerprint density at radius 1 is 0.946 bits per heavy atom. The molecule has 194 valence electrons. The first-order chi connectivity index (χ1) is 17.3. The lowest BCUT2D eigenvalue weighted by Crippen LogP contribution is -2.37. The Hall–Kier alpha value is -3.39. The van der Waals surface area contributed by atoms with Gasteiger partial charge in [0.2, 0.25) is 0 Å². The second-order valence-corrected chi connectivity index (χ2v) is 13.1. The molecule has 8 heteroatoms. The highest BCUT2D eigenvalue weighted by Gasteiger charge is 2.41. The van der Waals surface area contributed by atoms with Gasteiger partial charge in [0.25, 0.3) is 5.56 Å². The number of aromatic hydroxyl groups is 1. The second kappa shape index (κ2) is 8.58. The van der Waals surface area contributed by atoms with Crippen LogP contribution < -0.4 is 16.6 Å². The second-order valence-electron chi connectivity index (χ2n) is 12.2. The van der Waals surface area contributed by atoms with Gasteiger partial charge < -0.3 is 10.4 Å². The van der Waals surface area contributed by atoms with E-state index in [4.69, 9.17) is 0 Å². The van der Waals surface area contributed by atoms with E-state index < -0.39 is 17.2 Å². The molecule has 37 heavy (non-hydrogen) atoms. The Kier molecular flexibility index (Phi) is 5.86. The summed E-state index contributed by atoms with van der Waals surface area (Å²) in [4.78, 5) is 45.5. The van der Waals surface area contributed by atoms with Crippen molar-refractivity contribution in [1.82, 2.24) is 9.97 Å². The average molecular weight is 520 g/mol. The van der Waals surface area contributed by atoms with Gasteiger partial charge in [-0.2, -0.15) is 0 Å². The van der Waals surface area contributed by atoms with Crippen molar-refractivity contribution in [1.29, 1.82) is 0 Å². The van der Waals surface area contributed by atoms with Gasteiger partial charge in [0.05, 0.1) is 5.56 Å². The number of hydrogen-bond acceptors (Lipinski definition) is 6. The van der Waals surface area contributed by atoms with Crippen molar-refractivity contribution in [2.24, 2.45) is 0 Å². The Labute approximate surface area is 219 Å². The van der Waals surface area contributed by atoms with Gasteiger partial charge in [-0.1, -0.05) is 59.7 Å². The molecule has 2 aromatic heterocycles. The fourth-order valence-electron chi connectivity index (χ4n) is 5.57. The van der Waals surface area contributed by atoms with Crippen molar-refractivity contribution < 1.29 is 9.90 Å². The summed E-state index contributed by atoms with van der Waals surface area (Å²) >= 11 is 1.63. The number of ketones is 1. The van der Waals surface area contributed by atoms with Gasteiger partial charge in [0, 0.05) is 34.4 Å². The highest BCUT2D eigenvalue weighted by Crippen LogP contribution is 2.49. The maximum absolute atomic E-state index is 13.8. The van der Waals surface area contributed by atoms with Crippen molar-refractivity contribution in [2.45, 2.75) is 77.0 Å². The maximum Gasteiger partial charge on any atom is 0.327 e. The number of nitrogens with one attached hydrogen (secondary N) is 3. The minimum atomic E-state index is -0.675. The largest absolute Gasteiger partial charge is 0.507 e. The summed E-state index contributed by atoms with van der Waals surface area (Å²) in [6.07, 6.45) is 0.952. The summed E-state index contributed by atoms with van der Waals surface area (Å²) in [5, 5.41) is 16.5. The van der Waals surface area contributed by atoms with E-state index in [0.717, 1.165) is 27.3 Å². The number of phenolic OH excluding ortho intramolecular Hbond substituents is 1. The van der Waals surface area contributed by atoms with E-state index in [-0.39, 0.29) is 28.3 Å². The monoisotopic (exact) mass is 519 g/mol. The maximum atomic E-state index is 13.8. The molecule has 3 heterocycles. The summed E-state index contributed by atoms with van der Waals surface area (Å²) in [6.45, 7) is 12.2. The van der Waals surface area contributed by atoms with Crippen LogP contribution in [0.5, 0.6) is 5.75 Å². The molecule has 0 saturated carbocycles. The van der Waals surface area contributed by atoms with Crippen LogP contribution in [0, 0.1) is 0 Å². The lowest BCUT2D eigenvalue weighted by molar-refractivity contribution is -0.116. The average Bonchev–Trinajstić information content (AvgIpc) is 3.31. The molecule has 1 aliphatic carbocycles. The number of hydrogen-bond donors (Lipinski definition) is 4. The molecule has 0 amide bonds. The van der Waals surface area contributed by atoms with Crippen LogP contribution in [-0.4, -0.2) is 20.9 Å². The number of benzene rings is 1. The molecule has 3 aromatic rings. The molecule has 0 spiro atoms. The van der Waals surface area contributed by atoms with Crippen LogP contribution in [0.3, 0.4) is 0 Å². The van der Waals surface area contributed by atoms with E-state index in [1.807, 2.05) is 71.2 Å². The molecular formula is C29H33N3O4S. The zero-order valence-corrected chi connectivity index (χ0v) is 22.9. The molecule has 0 saturated heterocycles. The third-order valence-corrected chi connectivity index (χ3v) is 8.40. The van der Waals surface area contributed by atoms with Gasteiger partial charge in [0.1, 0.15) is 11.6 Å². The predicted octanol–water partition coefficient (Wildman–Crippen LogP) is 5.38. The number of aromatic nitrogens is 2. The molecule has 0 radical (unpaired) electrons. The van der Waals surface area contributed by atoms with Crippen LogP contribution in [0.25, 0.3) is 0 Å². The van der Waals surface area contributed by atoms with Gasteiger partial charge in [-0.15, -0.1) is 11.3 Å². The van der Waals surface area contributed by atoms with E-state index in [2.05, 4.69) is 15.3 Å². The predicted molar refractivity (Wildman–Crippen MR) is 147 cm³/mol. The molecule has 0 bridgehead atoms. The number of anilines is 1. The normalized spacial score (nSPS) is 19.9. The van der Waals surface area contributed by atoms with E-state index in [9.17, 15) is 19.5 Å². The van der Waals surface area contributed by atoms with E-state index in [1.54, 1.807) is 11.3 Å². The summed E-state index contributed by atoms with van der Waals surface area (Å²) < 4.78 is 0. The van der Waals surface area contributed by atoms with Crippen LogP contribution in [0.15, 0.2) is 50.5 Å². The molecular weight excluding hydrogens is 486 g/mol. The molecule has 2 unspecified atom stereocenters. The fourth-order valence-corrected chi connectivity index (χ4v) is 6.40. The Morgan fingerprint density at radius 2 is 1.59 bits per heavy atom. The van der Waals surface area contributed by atoms with Crippen molar-refractivity contribution in [3.8, 4) is 5.75 Å². The Balaban J connectivity index is 1.80. The summed E-state index contributed by atoms with van der Waals surface area (Å²) in [5.41, 5.74) is 1.95. The molecule has 1 aliphatic heterocycles. The molecule has 2 aliphatic rings. The number of phenols is 1. The van der Waals surface area contributed by atoms with Crippen LogP contribution in [0.4, 0.5) is 5.82 Å². The molecule has 1 aromatic carbocycles. The highest BCUT2D eigenvalue weighted by molar-refractivity contribution is 7.10. The molecule has 2 atom stereocenters. The van der Waals surface area contributed by atoms with Gasteiger partial charge >= 0.3 is 5.69 Å².